The molecule has 5 rings (SSSR count). The van der Waals surface area contributed by atoms with E-state index >= 15 is 0 Å². The number of pyridine rings is 2. The van der Waals surface area contributed by atoms with Gasteiger partial charge in [-0.25, -0.2) is 9.97 Å². The second-order valence-corrected chi connectivity index (χ2v) is 9.07. The van der Waals surface area contributed by atoms with Crippen molar-refractivity contribution >= 4 is 5.82 Å². The number of hydrogen-bond acceptors (Lipinski definition) is 5. The molecule has 0 aliphatic carbocycles. The summed E-state index contributed by atoms with van der Waals surface area (Å²) in [4.78, 5) is 26.2. The lowest BCUT2D eigenvalue weighted by Crippen LogP contribution is -2.21. The van der Waals surface area contributed by atoms with Gasteiger partial charge in [-0.15, -0.1) is 0 Å². The lowest BCUT2D eigenvalue weighted by Gasteiger charge is -2.19. The smallest absolute Gasteiger partial charge is 0.369 e. The second-order valence-electron chi connectivity index (χ2n) is 9.07. The number of hydrogen-bond donors (Lipinski definition) is 1. The summed E-state index contributed by atoms with van der Waals surface area (Å²) >= 11 is 0. The van der Waals surface area contributed by atoms with Crippen molar-refractivity contribution in [2.24, 2.45) is 12.0 Å². The fourth-order valence-electron chi connectivity index (χ4n) is 4.62. The van der Waals surface area contributed by atoms with E-state index in [0.29, 0.717) is 46.9 Å². The van der Waals surface area contributed by atoms with Crippen molar-refractivity contribution in [1.82, 2.24) is 19.1 Å². The number of rotatable bonds is 3. The Bertz CT molecular complexity index is 1560. The van der Waals surface area contributed by atoms with Crippen molar-refractivity contribution in [3.05, 3.63) is 81.0 Å². The fourth-order valence-corrected chi connectivity index (χ4v) is 4.62. The van der Waals surface area contributed by atoms with Gasteiger partial charge in [0.25, 0.3) is 5.56 Å². The molecule has 0 amide bonds. The molecule has 7 nitrogen and oxygen atoms in total. The largest absolute Gasteiger partial charge is 0.416 e. The molecule has 1 aromatic carbocycles. The number of anilines is 1. The summed E-state index contributed by atoms with van der Waals surface area (Å²) in [7, 11) is 1.71. The highest BCUT2D eigenvalue weighted by molar-refractivity contribution is 5.82. The first-order chi connectivity index (χ1) is 17.0. The highest BCUT2D eigenvalue weighted by Gasteiger charge is 2.31. The zero-order valence-corrected chi connectivity index (χ0v) is 20.3. The van der Waals surface area contributed by atoms with Crippen molar-refractivity contribution in [3.8, 4) is 22.5 Å². The Labute approximate surface area is 205 Å². The van der Waals surface area contributed by atoms with Gasteiger partial charge in [0, 0.05) is 43.0 Å². The Morgan fingerprint density at radius 3 is 2.61 bits per heavy atom. The van der Waals surface area contributed by atoms with E-state index in [-0.39, 0.29) is 5.56 Å². The summed E-state index contributed by atoms with van der Waals surface area (Å²) in [6.07, 6.45) is -2.64. The first kappa shape index (κ1) is 23.8. The van der Waals surface area contributed by atoms with Crippen LogP contribution in [0.5, 0.6) is 0 Å². The topological polar surface area (TPSA) is 77.1 Å². The molecule has 4 heterocycles. The summed E-state index contributed by atoms with van der Waals surface area (Å²) < 4.78 is 43.4. The molecule has 0 fully saturated rings. The minimum atomic E-state index is -4.43. The monoisotopic (exact) mass is 494 g/mol. The normalized spacial score (nSPS) is 14.7. The lowest BCUT2D eigenvalue weighted by molar-refractivity contribution is -0.137. The minimum absolute atomic E-state index is 0.0682. The summed E-state index contributed by atoms with van der Waals surface area (Å²) in [6.45, 7) is 6.69. The standard InChI is InChI=1S/C26H25F3N6O/c1-14-10-18(13-34(4)25(14)36)20-12-21-22(32-16(3)33-24(21)35-9-8-30-23(20)35)31-15(2)17-6-5-7-19(11-17)26(27,28)29/h5-7,10-13,15,30H,8-9H2,1-4H3. The van der Waals surface area contributed by atoms with Gasteiger partial charge >= 0.3 is 6.18 Å². The second kappa shape index (κ2) is 8.61. The molecular formula is C26H25F3N6O. The van der Waals surface area contributed by atoms with Gasteiger partial charge in [-0.2, -0.15) is 13.2 Å². The molecule has 1 aromatic heterocycles. The van der Waals surface area contributed by atoms with Crippen LogP contribution < -0.4 is 16.4 Å². The van der Waals surface area contributed by atoms with Crippen LogP contribution in [0.4, 0.5) is 19.0 Å². The molecule has 186 valence electrons. The van der Waals surface area contributed by atoms with Crippen LogP contribution in [-0.2, 0) is 19.8 Å². The molecule has 0 spiro atoms. The van der Waals surface area contributed by atoms with E-state index < -0.39 is 17.8 Å². The van der Waals surface area contributed by atoms with E-state index in [0.717, 1.165) is 29.1 Å². The third kappa shape index (κ3) is 4.16. The maximum Gasteiger partial charge on any atom is 0.416 e. The van der Waals surface area contributed by atoms with E-state index in [1.54, 1.807) is 44.6 Å². The summed E-state index contributed by atoms with van der Waals surface area (Å²) in [5, 5.41) is 3.42. The number of aromatic nitrogens is 4. The molecule has 36 heavy (non-hydrogen) atoms. The average Bonchev–Trinajstić information content (AvgIpc) is 3.32. The Hall–Kier alpha value is -3.95. The molecule has 0 saturated heterocycles. The quantitative estimate of drug-likeness (QED) is 0.456. The first-order valence-electron chi connectivity index (χ1n) is 11.6. The number of fused-ring (bicyclic) bond motifs is 3. The predicted octanol–water partition coefficient (Wildman–Crippen LogP) is 4.47. The summed E-state index contributed by atoms with van der Waals surface area (Å²) in [6, 6.07) is 8.42. The van der Waals surface area contributed by atoms with Gasteiger partial charge in [0.15, 0.2) is 5.49 Å². The predicted molar refractivity (Wildman–Crippen MR) is 131 cm³/mol. The van der Waals surface area contributed by atoms with Crippen LogP contribution in [-0.4, -0.2) is 25.6 Å². The van der Waals surface area contributed by atoms with Crippen molar-refractivity contribution < 1.29 is 13.2 Å². The van der Waals surface area contributed by atoms with Gasteiger partial charge in [-0.1, -0.05) is 12.1 Å². The van der Waals surface area contributed by atoms with Crippen LogP contribution in [0.15, 0.2) is 52.4 Å². The van der Waals surface area contributed by atoms with Crippen molar-refractivity contribution in [1.29, 1.82) is 0 Å². The number of aryl methyl sites for hydroxylation is 3. The molecule has 0 saturated carbocycles. The fraction of sp³-hybridized carbons (Fsp3) is 0.308. The molecule has 1 atom stereocenters. The number of benzene rings is 1. The van der Waals surface area contributed by atoms with Crippen LogP contribution >= 0.6 is 0 Å². The van der Waals surface area contributed by atoms with Gasteiger partial charge < -0.3 is 14.5 Å². The number of halogens is 3. The van der Waals surface area contributed by atoms with Gasteiger partial charge in [0.05, 0.1) is 17.2 Å². The Morgan fingerprint density at radius 1 is 1.11 bits per heavy atom. The lowest BCUT2D eigenvalue weighted by atomic mass is 10.0. The maximum absolute atomic E-state index is 13.3. The van der Waals surface area contributed by atoms with Gasteiger partial charge in [-0.3, -0.25) is 9.79 Å². The third-order valence-electron chi connectivity index (χ3n) is 6.40. The van der Waals surface area contributed by atoms with Gasteiger partial charge in [-0.05, 0) is 50.6 Å². The SMILES string of the molecule is Cc1nc2n3c(c(-c4cc(C)c(=O)n(C)c4)cc-2c(=NC(C)c2cccc(C(F)(F)F)c2)n1)NCC3. The van der Waals surface area contributed by atoms with Crippen molar-refractivity contribution in [2.75, 3.05) is 11.9 Å². The van der Waals surface area contributed by atoms with Crippen LogP contribution in [0.25, 0.3) is 22.5 Å². The van der Waals surface area contributed by atoms with Crippen molar-refractivity contribution in [3.63, 3.8) is 0 Å². The zero-order chi connectivity index (χ0) is 25.8. The third-order valence-corrected chi connectivity index (χ3v) is 6.40. The zero-order valence-electron chi connectivity index (χ0n) is 20.3. The summed E-state index contributed by atoms with van der Waals surface area (Å²) in [5.41, 5.74) is 3.11. The minimum Gasteiger partial charge on any atom is -0.369 e. The molecule has 3 aliphatic rings. The van der Waals surface area contributed by atoms with Crippen LogP contribution in [0.2, 0.25) is 0 Å². The highest BCUT2D eigenvalue weighted by Crippen LogP contribution is 2.36. The van der Waals surface area contributed by atoms with Crippen LogP contribution in [0.1, 0.15) is 35.5 Å². The number of nitrogens with one attached hydrogen (secondary N) is 1. The average molecular weight is 495 g/mol. The number of nitrogens with zero attached hydrogens (tertiary/aromatic N) is 5. The van der Waals surface area contributed by atoms with E-state index in [9.17, 15) is 18.0 Å². The summed E-state index contributed by atoms with van der Waals surface area (Å²) in [5.74, 6) is 2.10. The molecule has 1 unspecified atom stereocenters. The van der Waals surface area contributed by atoms with Gasteiger partial charge in [0.1, 0.15) is 17.5 Å². The van der Waals surface area contributed by atoms with Crippen LogP contribution in [0, 0.1) is 13.8 Å². The van der Waals surface area contributed by atoms with E-state index in [1.165, 1.54) is 6.07 Å². The molecule has 10 heteroatoms. The highest BCUT2D eigenvalue weighted by atomic mass is 19.4. The molecular weight excluding hydrogens is 469 g/mol. The Balaban J connectivity index is 1.73. The van der Waals surface area contributed by atoms with E-state index in [4.69, 9.17) is 4.99 Å². The molecule has 3 aliphatic heterocycles. The molecule has 0 radical (unpaired) electrons. The Kier molecular flexibility index (Phi) is 5.69. The van der Waals surface area contributed by atoms with Gasteiger partial charge in [0.2, 0.25) is 0 Å². The first-order valence-corrected chi connectivity index (χ1v) is 11.6. The maximum atomic E-state index is 13.3. The molecule has 2 aromatic rings. The van der Waals surface area contributed by atoms with Crippen LogP contribution in [0.3, 0.4) is 0 Å². The Morgan fingerprint density at radius 2 is 1.89 bits per heavy atom. The van der Waals surface area contributed by atoms with E-state index in [1.807, 2.05) is 12.1 Å². The molecule has 1 N–H and O–H groups in total. The molecule has 0 bridgehead atoms. The number of alkyl halides is 3. The van der Waals surface area contributed by atoms with E-state index in [2.05, 4.69) is 19.9 Å². The van der Waals surface area contributed by atoms with Crippen molar-refractivity contribution in [2.45, 2.75) is 39.5 Å².